The predicted molar refractivity (Wildman–Crippen MR) is 79.9 cm³/mol. The lowest BCUT2D eigenvalue weighted by molar-refractivity contribution is 0.404. The van der Waals surface area contributed by atoms with E-state index in [1.54, 1.807) is 19.2 Å². The number of rotatable bonds is 3. The summed E-state index contributed by atoms with van der Waals surface area (Å²) in [7, 11) is 1.60. The van der Waals surface area contributed by atoms with Crippen LogP contribution in [0.4, 0.5) is 4.39 Å². The van der Waals surface area contributed by atoms with Gasteiger partial charge in [0.15, 0.2) is 0 Å². The first kappa shape index (κ1) is 14.8. The van der Waals surface area contributed by atoms with Gasteiger partial charge in [-0.3, -0.25) is 0 Å². The molecule has 0 saturated heterocycles. The first-order chi connectivity index (χ1) is 9.47. The maximum absolute atomic E-state index is 13.6. The molecule has 2 aromatic carbocycles. The summed E-state index contributed by atoms with van der Waals surface area (Å²) in [5, 5.41) is 0.0558. The number of benzene rings is 2. The van der Waals surface area contributed by atoms with Gasteiger partial charge in [0.2, 0.25) is 0 Å². The Morgan fingerprint density at radius 1 is 1.15 bits per heavy atom. The SMILES string of the molecule is COc1c(C(N)c2cccc(F)c2Cl)ccc(C)c1C. The molecule has 2 aromatic rings. The van der Waals surface area contributed by atoms with Crippen LogP contribution in [0.2, 0.25) is 5.02 Å². The molecule has 20 heavy (non-hydrogen) atoms. The molecule has 0 spiro atoms. The van der Waals surface area contributed by atoms with E-state index in [4.69, 9.17) is 22.1 Å². The van der Waals surface area contributed by atoms with Crippen LogP contribution in [-0.4, -0.2) is 7.11 Å². The second-order valence-electron chi connectivity index (χ2n) is 4.75. The highest BCUT2D eigenvalue weighted by Gasteiger charge is 2.20. The van der Waals surface area contributed by atoms with E-state index in [1.165, 1.54) is 6.07 Å². The van der Waals surface area contributed by atoms with Gasteiger partial charge in [0, 0.05) is 5.56 Å². The molecular weight excluding hydrogens is 277 g/mol. The lowest BCUT2D eigenvalue weighted by atomic mass is 9.95. The molecular formula is C16H17ClFNO. The molecule has 2 rings (SSSR count). The largest absolute Gasteiger partial charge is 0.496 e. The molecule has 0 aromatic heterocycles. The van der Waals surface area contributed by atoms with Crippen molar-refractivity contribution < 1.29 is 9.13 Å². The highest BCUT2D eigenvalue weighted by atomic mass is 35.5. The summed E-state index contributed by atoms with van der Waals surface area (Å²) in [5.41, 5.74) is 9.73. The molecule has 0 fully saturated rings. The van der Waals surface area contributed by atoms with Gasteiger partial charge in [0.1, 0.15) is 11.6 Å². The van der Waals surface area contributed by atoms with Gasteiger partial charge in [-0.2, -0.15) is 0 Å². The number of nitrogens with two attached hydrogens (primary N) is 1. The summed E-state index contributed by atoms with van der Waals surface area (Å²) in [4.78, 5) is 0. The third-order valence-electron chi connectivity index (χ3n) is 3.56. The average molecular weight is 294 g/mol. The fourth-order valence-electron chi connectivity index (χ4n) is 2.26. The molecule has 2 N–H and O–H groups in total. The van der Waals surface area contributed by atoms with Crippen molar-refractivity contribution in [1.82, 2.24) is 0 Å². The fourth-order valence-corrected chi connectivity index (χ4v) is 2.50. The van der Waals surface area contributed by atoms with Gasteiger partial charge in [0.25, 0.3) is 0 Å². The second-order valence-corrected chi connectivity index (χ2v) is 5.13. The van der Waals surface area contributed by atoms with Crippen LogP contribution in [0.5, 0.6) is 5.75 Å². The Kier molecular flexibility index (Phi) is 4.31. The normalized spacial score (nSPS) is 12.3. The zero-order chi connectivity index (χ0) is 14.9. The molecule has 0 radical (unpaired) electrons. The van der Waals surface area contributed by atoms with Crippen LogP contribution in [-0.2, 0) is 0 Å². The van der Waals surface area contributed by atoms with Gasteiger partial charge in [-0.05, 0) is 36.6 Å². The zero-order valence-electron chi connectivity index (χ0n) is 11.7. The molecule has 0 amide bonds. The van der Waals surface area contributed by atoms with Crippen LogP contribution >= 0.6 is 11.6 Å². The van der Waals surface area contributed by atoms with Gasteiger partial charge in [-0.1, -0.05) is 35.9 Å². The smallest absolute Gasteiger partial charge is 0.142 e. The van der Waals surface area contributed by atoms with Crippen molar-refractivity contribution in [2.45, 2.75) is 19.9 Å². The summed E-state index contributed by atoms with van der Waals surface area (Å²) in [6, 6.07) is 7.98. The maximum atomic E-state index is 13.6. The average Bonchev–Trinajstić information content (AvgIpc) is 2.44. The monoisotopic (exact) mass is 293 g/mol. The summed E-state index contributed by atoms with van der Waals surface area (Å²) in [6.07, 6.45) is 0. The van der Waals surface area contributed by atoms with Gasteiger partial charge in [-0.25, -0.2) is 4.39 Å². The molecule has 0 bridgehead atoms. The fraction of sp³-hybridized carbons (Fsp3) is 0.250. The first-order valence-electron chi connectivity index (χ1n) is 6.31. The highest BCUT2D eigenvalue weighted by Crippen LogP contribution is 2.35. The standard InChI is InChI=1S/C16H17ClFNO/c1-9-7-8-12(16(20-3)10(9)2)15(19)11-5-4-6-13(18)14(11)17/h4-8,15H,19H2,1-3H3. The van der Waals surface area contributed by atoms with Crippen molar-refractivity contribution in [3.05, 3.63) is 63.4 Å². The van der Waals surface area contributed by atoms with Crippen molar-refractivity contribution in [2.24, 2.45) is 5.73 Å². The van der Waals surface area contributed by atoms with Crippen molar-refractivity contribution in [2.75, 3.05) is 7.11 Å². The van der Waals surface area contributed by atoms with Gasteiger partial charge < -0.3 is 10.5 Å². The van der Waals surface area contributed by atoms with Crippen LogP contribution in [0.25, 0.3) is 0 Å². The minimum absolute atomic E-state index is 0.0558. The van der Waals surface area contributed by atoms with Crippen LogP contribution in [0.1, 0.15) is 28.3 Å². The molecule has 4 heteroatoms. The van der Waals surface area contributed by atoms with Crippen LogP contribution in [0.3, 0.4) is 0 Å². The van der Waals surface area contributed by atoms with E-state index < -0.39 is 11.9 Å². The Bertz CT molecular complexity index is 643. The van der Waals surface area contributed by atoms with Crippen molar-refractivity contribution in [1.29, 1.82) is 0 Å². The third kappa shape index (κ3) is 2.51. The first-order valence-corrected chi connectivity index (χ1v) is 6.68. The summed E-state index contributed by atoms with van der Waals surface area (Å²) in [6.45, 7) is 3.97. The molecule has 1 unspecified atom stereocenters. The van der Waals surface area contributed by atoms with Crippen LogP contribution < -0.4 is 10.5 Å². The second kappa shape index (κ2) is 5.81. The number of ether oxygens (including phenoxy) is 1. The van der Waals surface area contributed by atoms with Gasteiger partial charge in [0.05, 0.1) is 18.2 Å². The van der Waals surface area contributed by atoms with E-state index in [0.29, 0.717) is 5.56 Å². The molecule has 0 aliphatic heterocycles. The molecule has 0 saturated carbocycles. The Balaban J connectivity index is 2.56. The lowest BCUT2D eigenvalue weighted by Gasteiger charge is -2.20. The predicted octanol–water partition coefficient (Wildman–Crippen LogP) is 4.15. The summed E-state index contributed by atoms with van der Waals surface area (Å²) < 4.78 is 19.0. The minimum Gasteiger partial charge on any atom is -0.496 e. The molecule has 0 aliphatic rings. The third-order valence-corrected chi connectivity index (χ3v) is 3.96. The van der Waals surface area contributed by atoms with Crippen molar-refractivity contribution >= 4 is 11.6 Å². The van der Waals surface area contributed by atoms with Gasteiger partial charge in [-0.15, -0.1) is 0 Å². The topological polar surface area (TPSA) is 35.2 Å². The van der Waals surface area contributed by atoms with E-state index in [-0.39, 0.29) is 5.02 Å². The Labute approximate surface area is 123 Å². The molecule has 2 nitrogen and oxygen atoms in total. The number of halogens is 2. The van der Waals surface area contributed by atoms with Crippen LogP contribution in [0, 0.1) is 19.7 Å². The van der Waals surface area contributed by atoms with E-state index in [9.17, 15) is 4.39 Å². The Morgan fingerprint density at radius 2 is 1.85 bits per heavy atom. The maximum Gasteiger partial charge on any atom is 0.142 e. The van der Waals surface area contributed by atoms with Crippen LogP contribution in [0.15, 0.2) is 30.3 Å². The molecule has 106 valence electrons. The molecule has 0 aliphatic carbocycles. The van der Waals surface area contributed by atoms with E-state index >= 15 is 0 Å². The van der Waals surface area contributed by atoms with Crippen molar-refractivity contribution in [3.63, 3.8) is 0 Å². The number of methoxy groups -OCH3 is 1. The van der Waals surface area contributed by atoms with Crippen molar-refractivity contribution in [3.8, 4) is 5.75 Å². The van der Waals surface area contributed by atoms with Gasteiger partial charge >= 0.3 is 0 Å². The minimum atomic E-state index is -0.535. The Morgan fingerprint density at radius 3 is 2.50 bits per heavy atom. The summed E-state index contributed by atoms with van der Waals surface area (Å²) in [5.74, 6) is 0.250. The van der Waals surface area contributed by atoms with E-state index in [2.05, 4.69) is 0 Å². The number of hydrogen-bond acceptors (Lipinski definition) is 2. The summed E-state index contributed by atoms with van der Waals surface area (Å²) >= 11 is 6.01. The molecule has 1 atom stereocenters. The number of hydrogen-bond donors (Lipinski definition) is 1. The van der Waals surface area contributed by atoms with E-state index in [0.717, 1.165) is 22.4 Å². The Hall–Kier alpha value is -1.58. The zero-order valence-corrected chi connectivity index (χ0v) is 12.5. The number of aryl methyl sites for hydroxylation is 1. The molecule has 0 heterocycles. The quantitative estimate of drug-likeness (QED) is 0.922. The lowest BCUT2D eigenvalue weighted by Crippen LogP contribution is -2.15. The van der Waals surface area contributed by atoms with E-state index in [1.807, 2.05) is 26.0 Å². The highest BCUT2D eigenvalue weighted by molar-refractivity contribution is 6.31.